The van der Waals surface area contributed by atoms with Gasteiger partial charge in [-0.05, 0) is 29.8 Å². The Morgan fingerprint density at radius 1 is 1.04 bits per heavy atom. The van der Waals surface area contributed by atoms with Crippen LogP contribution in [0.3, 0.4) is 0 Å². The molecule has 0 radical (unpaired) electrons. The molecule has 0 fully saturated rings. The van der Waals surface area contributed by atoms with E-state index in [2.05, 4.69) is 10.1 Å². The lowest BCUT2D eigenvalue weighted by molar-refractivity contribution is 0.0698. The highest BCUT2D eigenvalue weighted by Gasteiger charge is 2.13. The maximum atomic E-state index is 12.9. The molecule has 27 heavy (non-hydrogen) atoms. The molecule has 136 valence electrons. The lowest BCUT2D eigenvalue weighted by atomic mass is 10.2. The molecule has 0 saturated carbocycles. The predicted octanol–water partition coefficient (Wildman–Crippen LogP) is 3.40. The summed E-state index contributed by atoms with van der Waals surface area (Å²) in [5.41, 5.74) is 7.83. The van der Waals surface area contributed by atoms with Crippen LogP contribution in [0.4, 0.5) is 4.39 Å². The van der Waals surface area contributed by atoms with E-state index in [1.807, 2.05) is 30.3 Å². The van der Waals surface area contributed by atoms with Gasteiger partial charge in [0.25, 0.3) is 0 Å². The van der Waals surface area contributed by atoms with Crippen molar-refractivity contribution in [2.45, 2.75) is 6.54 Å². The number of hydrogen-bond acceptors (Lipinski definition) is 4. The quantitative estimate of drug-likeness (QED) is 0.581. The molecule has 0 bridgehead atoms. The van der Waals surface area contributed by atoms with Gasteiger partial charge in [-0.2, -0.15) is 5.10 Å². The summed E-state index contributed by atoms with van der Waals surface area (Å²) in [7, 11) is 0. The Morgan fingerprint density at radius 2 is 1.74 bits per heavy atom. The largest absolute Gasteiger partial charge is 0.478 e. The van der Waals surface area contributed by atoms with E-state index in [0.29, 0.717) is 23.1 Å². The van der Waals surface area contributed by atoms with E-state index < -0.39 is 5.97 Å². The first-order chi connectivity index (χ1) is 13.1. The van der Waals surface area contributed by atoms with E-state index >= 15 is 0 Å². The lowest BCUT2D eigenvalue weighted by Crippen LogP contribution is -1.99. The minimum atomic E-state index is -1.06. The SMILES string of the molecule is NCc1ccccc1.O=C(O)c1cncc2c1cnn2-c1ccc(F)cc1. The van der Waals surface area contributed by atoms with Gasteiger partial charge < -0.3 is 10.8 Å². The highest BCUT2D eigenvalue weighted by atomic mass is 19.1. The number of carboxylic acids is 1. The van der Waals surface area contributed by atoms with Crippen LogP contribution in [0.1, 0.15) is 15.9 Å². The van der Waals surface area contributed by atoms with Gasteiger partial charge in [0.05, 0.1) is 29.2 Å². The predicted molar refractivity (Wildman–Crippen MR) is 100 cm³/mol. The Kier molecular flexibility index (Phi) is 5.53. The molecule has 0 aliphatic carbocycles. The van der Waals surface area contributed by atoms with Gasteiger partial charge in [-0.3, -0.25) is 4.98 Å². The van der Waals surface area contributed by atoms with Crippen molar-refractivity contribution in [2.24, 2.45) is 5.73 Å². The summed E-state index contributed by atoms with van der Waals surface area (Å²) >= 11 is 0. The molecule has 0 aliphatic heterocycles. The lowest BCUT2D eigenvalue weighted by Gasteiger charge is -2.03. The first kappa shape index (κ1) is 18.2. The molecule has 0 unspecified atom stereocenters. The van der Waals surface area contributed by atoms with Crippen LogP contribution in [-0.4, -0.2) is 25.8 Å². The fraction of sp³-hybridized carbons (Fsp3) is 0.0500. The molecule has 4 rings (SSSR count). The third-order valence-corrected chi connectivity index (χ3v) is 3.88. The number of aromatic carboxylic acids is 1. The molecule has 0 saturated heterocycles. The second kappa shape index (κ2) is 8.20. The Balaban J connectivity index is 0.000000221. The highest BCUT2D eigenvalue weighted by Crippen LogP contribution is 2.20. The Bertz CT molecular complexity index is 1050. The minimum absolute atomic E-state index is 0.0888. The molecule has 2 aromatic carbocycles. The number of benzene rings is 2. The average Bonchev–Trinajstić information content (AvgIpc) is 3.14. The Hall–Kier alpha value is -3.58. The van der Waals surface area contributed by atoms with E-state index in [4.69, 9.17) is 10.8 Å². The number of carboxylic acid groups (broad SMARTS) is 1. The molecule has 2 heterocycles. The molecular weight excluding hydrogens is 347 g/mol. The zero-order valence-electron chi connectivity index (χ0n) is 14.3. The van der Waals surface area contributed by atoms with Crippen molar-refractivity contribution in [3.63, 3.8) is 0 Å². The van der Waals surface area contributed by atoms with Crippen molar-refractivity contribution in [2.75, 3.05) is 0 Å². The summed E-state index contributed by atoms with van der Waals surface area (Å²) in [5, 5.41) is 13.7. The van der Waals surface area contributed by atoms with Crippen molar-refractivity contribution in [1.82, 2.24) is 14.8 Å². The van der Waals surface area contributed by atoms with Crippen molar-refractivity contribution in [3.05, 3.63) is 90.1 Å². The normalized spacial score (nSPS) is 10.3. The first-order valence-corrected chi connectivity index (χ1v) is 8.15. The number of halogens is 1. The molecule has 0 aliphatic rings. The van der Waals surface area contributed by atoms with Crippen LogP contribution in [-0.2, 0) is 6.54 Å². The van der Waals surface area contributed by atoms with Gasteiger partial charge >= 0.3 is 5.97 Å². The van der Waals surface area contributed by atoms with Gasteiger partial charge in [0, 0.05) is 18.1 Å². The van der Waals surface area contributed by atoms with E-state index in [9.17, 15) is 9.18 Å². The highest BCUT2D eigenvalue weighted by molar-refractivity contribution is 6.02. The van der Waals surface area contributed by atoms with E-state index in [1.165, 1.54) is 41.0 Å². The second-order valence-corrected chi connectivity index (χ2v) is 5.65. The summed E-state index contributed by atoms with van der Waals surface area (Å²) < 4.78 is 14.4. The maximum Gasteiger partial charge on any atom is 0.338 e. The number of nitrogens with zero attached hydrogens (tertiary/aromatic N) is 3. The Morgan fingerprint density at radius 3 is 2.33 bits per heavy atom. The van der Waals surface area contributed by atoms with Gasteiger partial charge in [-0.15, -0.1) is 0 Å². The maximum absolute atomic E-state index is 12.9. The van der Waals surface area contributed by atoms with Gasteiger partial charge in [0.1, 0.15) is 5.82 Å². The van der Waals surface area contributed by atoms with Gasteiger partial charge in [0.2, 0.25) is 0 Å². The van der Waals surface area contributed by atoms with Crippen molar-refractivity contribution in [3.8, 4) is 5.69 Å². The summed E-state index contributed by atoms with van der Waals surface area (Å²) in [5.74, 6) is -1.40. The summed E-state index contributed by atoms with van der Waals surface area (Å²) in [4.78, 5) is 15.0. The Labute approximate surface area is 154 Å². The molecule has 0 atom stereocenters. The fourth-order valence-electron chi connectivity index (χ4n) is 2.51. The summed E-state index contributed by atoms with van der Waals surface area (Å²) in [6, 6.07) is 15.8. The van der Waals surface area contributed by atoms with Crippen LogP contribution in [0, 0.1) is 5.82 Å². The molecule has 4 aromatic rings. The van der Waals surface area contributed by atoms with Crippen LogP contribution in [0.15, 0.2) is 73.2 Å². The number of aromatic nitrogens is 3. The molecular formula is C20H17FN4O2. The molecule has 0 amide bonds. The number of fused-ring (bicyclic) bond motifs is 1. The standard InChI is InChI=1S/C13H8FN3O2.C7H9N/c14-8-1-3-9(4-2-8)17-12-7-15-5-11(13(18)19)10(12)6-16-17;8-6-7-4-2-1-3-5-7/h1-7H,(H,18,19);1-5H,6,8H2. The number of rotatable bonds is 3. The molecule has 0 spiro atoms. The molecule has 3 N–H and O–H groups in total. The number of pyridine rings is 1. The first-order valence-electron chi connectivity index (χ1n) is 8.15. The number of hydrogen-bond donors (Lipinski definition) is 2. The molecule has 7 heteroatoms. The van der Waals surface area contributed by atoms with Crippen molar-refractivity contribution in [1.29, 1.82) is 0 Å². The monoisotopic (exact) mass is 364 g/mol. The van der Waals surface area contributed by atoms with E-state index in [1.54, 1.807) is 12.1 Å². The summed E-state index contributed by atoms with van der Waals surface area (Å²) in [6.07, 6.45) is 4.27. The van der Waals surface area contributed by atoms with Gasteiger partial charge in [-0.1, -0.05) is 30.3 Å². The average molecular weight is 364 g/mol. The topological polar surface area (TPSA) is 94.0 Å². The van der Waals surface area contributed by atoms with Crippen LogP contribution in [0.2, 0.25) is 0 Å². The van der Waals surface area contributed by atoms with Gasteiger partial charge in [0.15, 0.2) is 0 Å². The van der Waals surface area contributed by atoms with Gasteiger partial charge in [-0.25, -0.2) is 13.9 Å². The van der Waals surface area contributed by atoms with Crippen LogP contribution in [0.25, 0.3) is 16.6 Å². The summed E-state index contributed by atoms with van der Waals surface area (Å²) in [6.45, 7) is 0.640. The third kappa shape index (κ3) is 4.16. The zero-order valence-corrected chi connectivity index (χ0v) is 14.3. The van der Waals surface area contributed by atoms with Crippen LogP contribution < -0.4 is 5.73 Å². The van der Waals surface area contributed by atoms with Crippen LogP contribution in [0.5, 0.6) is 0 Å². The fourth-order valence-corrected chi connectivity index (χ4v) is 2.51. The van der Waals surface area contributed by atoms with E-state index in [0.717, 1.165) is 0 Å². The zero-order chi connectivity index (χ0) is 19.2. The minimum Gasteiger partial charge on any atom is -0.478 e. The smallest absolute Gasteiger partial charge is 0.338 e. The third-order valence-electron chi connectivity index (χ3n) is 3.88. The van der Waals surface area contributed by atoms with E-state index in [-0.39, 0.29) is 11.4 Å². The van der Waals surface area contributed by atoms with Crippen molar-refractivity contribution >= 4 is 16.9 Å². The van der Waals surface area contributed by atoms with Crippen LogP contribution >= 0.6 is 0 Å². The number of nitrogens with two attached hydrogens (primary N) is 1. The molecule has 6 nitrogen and oxygen atoms in total. The molecule has 2 aromatic heterocycles. The number of carbonyl (C=O) groups is 1. The van der Waals surface area contributed by atoms with Crippen molar-refractivity contribution < 1.29 is 14.3 Å². The second-order valence-electron chi connectivity index (χ2n) is 5.65.